The highest BCUT2D eigenvalue weighted by Gasteiger charge is 2.21. The molecule has 2 rings (SSSR count). The fraction of sp³-hybridized carbons (Fsp3) is 0.526. The van der Waals surface area contributed by atoms with Crippen molar-refractivity contribution in [1.82, 2.24) is 14.9 Å². The number of rotatable bonds is 3. The van der Waals surface area contributed by atoms with Crippen LogP contribution in [0.4, 0.5) is 9.59 Å². The molecule has 1 N–H and O–H groups in total. The highest BCUT2D eigenvalue weighted by atomic mass is 16.6. The van der Waals surface area contributed by atoms with Crippen LogP contribution in [0.15, 0.2) is 24.7 Å². The smallest absolute Gasteiger partial charge is 0.419 e. The minimum atomic E-state index is -0.584. The Labute approximate surface area is 153 Å². The first-order valence-corrected chi connectivity index (χ1v) is 8.60. The summed E-state index contributed by atoms with van der Waals surface area (Å²) < 4.78 is 12.2. The molecule has 0 fully saturated rings. The number of amides is 1. The van der Waals surface area contributed by atoms with E-state index in [1.807, 2.05) is 41.5 Å². The summed E-state index contributed by atoms with van der Waals surface area (Å²) in [5, 5.41) is 3.57. The van der Waals surface area contributed by atoms with Crippen molar-refractivity contribution in [3.63, 3.8) is 0 Å². The van der Waals surface area contributed by atoms with Crippen molar-refractivity contribution in [2.75, 3.05) is 6.54 Å². The molecule has 2 aromatic heterocycles. The highest BCUT2D eigenvalue weighted by Crippen LogP contribution is 2.22. The van der Waals surface area contributed by atoms with Crippen LogP contribution in [-0.4, -0.2) is 39.5 Å². The largest absolute Gasteiger partial charge is 0.444 e. The highest BCUT2D eigenvalue weighted by molar-refractivity contribution is 5.91. The molecule has 0 bridgehead atoms. The molecule has 2 heterocycles. The van der Waals surface area contributed by atoms with Gasteiger partial charge in [-0.05, 0) is 59.6 Å². The van der Waals surface area contributed by atoms with Crippen LogP contribution in [0.3, 0.4) is 0 Å². The lowest BCUT2D eigenvalue weighted by Crippen LogP contribution is -2.33. The molecule has 0 aliphatic carbocycles. The molecule has 0 radical (unpaired) electrons. The van der Waals surface area contributed by atoms with Crippen LogP contribution in [0.2, 0.25) is 0 Å². The van der Waals surface area contributed by atoms with Crippen molar-refractivity contribution in [1.29, 1.82) is 0 Å². The Morgan fingerprint density at radius 3 is 2.38 bits per heavy atom. The number of aromatic nitrogens is 2. The standard InChI is InChI=1S/C19H27N3O4/c1-18(2,3)25-16(23)21-10-7-13-12-22(17(24)26-19(4,5)6)15-8-9-20-11-14(13)15/h8-9,11-12H,7,10H2,1-6H3,(H,21,23). The van der Waals surface area contributed by atoms with E-state index in [-0.39, 0.29) is 0 Å². The molecule has 0 saturated carbocycles. The lowest BCUT2D eigenvalue weighted by Gasteiger charge is -2.19. The second-order valence-electron chi connectivity index (χ2n) is 8.08. The van der Waals surface area contributed by atoms with Crippen molar-refractivity contribution < 1.29 is 19.1 Å². The summed E-state index contributed by atoms with van der Waals surface area (Å²) in [7, 11) is 0. The number of alkyl carbamates (subject to hydrolysis) is 1. The number of nitrogens with one attached hydrogen (secondary N) is 1. The number of nitrogens with zero attached hydrogens (tertiary/aromatic N) is 2. The van der Waals surface area contributed by atoms with Crippen molar-refractivity contribution in [3.8, 4) is 0 Å². The Kier molecular flexibility index (Phi) is 5.59. The molecule has 0 unspecified atom stereocenters. The molecule has 0 saturated heterocycles. The summed E-state index contributed by atoms with van der Waals surface area (Å²) in [5.41, 5.74) is 0.497. The Balaban J connectivity index is 2.13. The van der Waals surface area contributed by atoms with E-state index in [2.05, 4.69) is 10.3 Å². The van der Waals surface area contributed by atoms with E-state index in [1.165, 1.54) is 4.57 Å². The topological polar surface area (TPSA) is 82.5 Å². The number of carbonyl (C=O) groups is 2. The predicted molar refractivity (Wildman–Crippen MR) is 99.3 cm³/mol. The molecule has 1 amide bonds. The van der Waals surface area contributed by atoms with E-state index in [0.29, 0.717) is 13.0 Å². The van der Waals surface area contributed by atoms with Crippen LogP contribution in [-0.2, 0) is 15.9 Å². The van der Waals surface area contributed by atoms with Gasteiger partial charge >= 0.3 is 12.2 Å². The lowest BCUT2D eigenvalue weighted by atomic mass is 10.1. The minimum Gasteiger partial charge on any atom is -0.444 e. The molecule has 0 spiro atoms. The zero-order chi connectivity index (χ0) is 19.5. The first kappa shape index (κ1) is 19.8. The van der Waals surface area contributed by atoms with Crippen LogP contribution >= 0.6 is 0 Å². The fourth-order valence-electron chi connectivity index (χ4n) is 2.41. The van der Waals surface area contributed by atoms with Crippen molar-refractivity contribution in [2.45, 2.75) is 59.2 Å². The van der Waals surface area contributed by atoms with Gasteiger partial charge in [0.1, 0.15) is 11.2 Å². The zero-order valence-corrected chi connectivity index (χ0v) is 16.3. The van der Waals surface area contributed by atoms with Gasteiger partial charge in [0.25, 0.3) is 0 Å². The third-order valence-corrected chi connectivity index (χ3v) is 3.34. The van der Waals surface area contributed by atoms with Gasteiger partial charge in [-0.25, -0.2) is 9.59 Å². The van der Waals surface area contributed by atoms with E-state index in [1.54, 1.807) is 24.7 Å². The Bertz CT molecular complexity index is 797. The summed E-state index contributed by atoms with van der Waals surface area (Å²) in [6, 6.07) is 1.77. The Morgan fingerprint density at radius 1 is 1.12 bits per heavy atom. The van der Waals surface area contributed by atoms with Crippen molar-refractivity contribution >= 4 is 23.1 Å². The number of carbonyl (C=O) groups excluding carboxylic acids is 2. The molecule has 2 aromatic rings. The van der Waals surface area contributed by atoms with Crippen LogP contribution in [0.5, 0.6) is 0 Å². The number of fused-ring (bicyclic) bond motifs is 1. The van der Waals surface area contributed by atoms with Gasteiger partial charge in [0.2, 0.25) is 0 Å². The van der Waals surface area contributed by atoms with Crippen molar-refractivity contribution in [3.05, 3.63) is 30.2 Å². The van der Waals surface area contributed by atoms with Gasteiger partial charge in [0, 0.05) is 30.5 Å². The van der Waals surface area contributed by atoms with Gasteiger partial charge in [-0.2, -0.15) is 0 Å². The normalized spacial score (nSPS) is 12.1. The van der Waals surface area contributed by atoms with Gasteiger partial charge in [-0.15, -0.1) is 0 Å². The second-order valence-corrected chi connectivity index (χ2v) is 8.08. The molecule has 7 nitrogen and oxygen atoms in total. The molecule has 142 valence electrons. The van der Waals surface area contributed by atoms with Crippen molar-refractivity contribution in [2.24, 2.45) is 0 Å². The number of hydrogen-bond donors (Lipinski definition) is 1. The summed E-state index contributed by atoms with van der Waals surface area (Å²) in [6.07, 6.45) is 4.70. The maximum Gasteiger partial charge on any atom is 0.419 e. The first-order chi connectivity index (χ1) is 12.0. The molecule has 7 heteroatoms. The predicted octanol–water partition coefficient (Wildman–Crippen LogP) is 3.89. The number of pyridine rings is 1. The maximum atomic E-state index is 12.5. The first-order valence-electron chi connectivity index (χ1n) is 8.60. The van der Waals surface area contributed by atoms with Crippen LogP contribution in [0.1, 0.15) is 47.1 Å². The van der Waals surface area contributed by atoms with E-state index in [9.17, 15) is 9.59 Å². The average Bonchev–Trinajstić information content (AvgIpc) is 2.83. The SMILES string of the molecule is CC(C)(C)OC(=O)NCCc1cn(C(=O)OC(C)(C)C)c2ccncc12. The zero-order valence-electron chi connectivity index (χ0n) is 16.3. The van der Waals surface area contributed by atoms with Gasteiger partial charge < -0.3 is 14.8 Å². The van der Waals surface area contributed by atoms with Gasteiger partial charge in [-0.3, -0.25) is 9.55 Å². The molecule has 0 aliphatic rings. The Hall–Kier alpha value is -2.57. The molecule has 26 heavy (non-hydrogen) atoms. The number of hydrogen-bond acceptors (Lipinski definition) is 5. The van der Waals surface area contributed by atoms with Gasteiger partial charge in [0.05, 0.1) is 5.52 Å². The summed E-state index contributed by atoms with van der Waals surface area (Å²) in [5.74, 6) is 0. The molecule has 0 aromatic carbocycles. The second kappa shape index (κ2) is 7.35. The molecular weight excluding hydrogens is 334 g/mol. The minimum absolute atomic E-state index is 0.386. The molecule has 0 atom stereocenters. The van der Waals surface area contributed by atoms with Crippen LogP contribution in [0.25, 0.3) is 10.9 Å². The lowest BCUT2D eigenvalue weighted by molar-refractivity contribution is 0.0521. The summed E-state index contributed by atoms with van der Waals surface area (Å²) in [6.45, 7) is 11.3. The van der Waals surface area contributed by atoms with E-state index in [4.69, 9.17) is 9.47 Å². The maximum absolute atomic E-state index is 12.5. The van der Waals surface area contributed by atoms with Gasteiger partial charge in [0.15, 0.2) is 0 Å². The van der Waals surface area contributed by atoms with E-state index in [0.717, 1.165) is 16.5 Å². The third kappa shape index (κ3) is 5.47. The number of ether oxygens (including phenoxy) is 2. The molecular formula is C19H27N3O4. The average molecular weight is 361 g/mol. The quantitative estimate of drug-likeness (QED) is 0.897. The van der Waals surface area contributed by atoms with Crippen LogP contribution < -0.4 is 5.32 Å². The monoisotopic (exact) mass is 361 g/mol. The van der Waals surface area contributed by atoms with E-state index < -0.39 is 23.4 Å². The third-order valence-electron chi connectivity index (χ3n) is 3.34. The van der Waals surface area contributed by atoms with Crippen LogP contribution in [0, 0.1) is 0 Å². The summed E-state index contributed by atoms with van der Waals surface area (Å²) >= 11 is 0. The summed E-state index contributed by atoms with van der Waals surface area (Å²) in [4.78, 5) is 28.3. The molecule has 0 aliphatic heterocycles. The van der Waals surface area contributed by atoms with Gasteiger partial charge in [-0.1, -0.05) is 0 Å². The Morgan fingerprint density at radius 2 is 1.77 bits per heavy atom. The van der Waals surface area contributed by atoms with E-state index >= 15 is 0 Å². The fourth-order valence-corrected chi connectivity index (χ4v) is 2.41.